The number of hydrogen-bond donors (Lipinski definition) is 1. The summed E-state index contributed by atoms with van der Waals surface area (Å²) in [6, 6.07) is 16.3. The Balaban J connectivity index is 2.06. The number of halogens is 3. The third-order valence-electron chi connectivity index (χ3n) is 6.45. The summed E-state index contributed by atoms with van der Waals surface area (Å²) in [5, 5.41) is 3.53. The molecule has 0 spiro atoms. The summed E-state index contributed by atoms with van der Waals surface area (Å²) >= 11 is 12.3. The highest BCUT2D eigenvalue weighted by molar-refractivity contribution is 7.92. The molecule has 3 aromatic rings. The van der Waals surface area contributed by atoms with E-state index >= 15 is 0 Å². The molecular weight excluding hydrogens is 576 g/mol. The van der Waals surface area contributed by atoms with Gasteiger partial charge >= 0.3 is 0 Å². The van der Waals surface area contributed by atoms with Crippen LogP contribution in [0.15, 0.2) is 77.7 Å². The molecular formula is C29H32Cl2FN3O4S. The number of anilines is 1. The maximum atomic E-state index is 14.0. The van der Waals surface area contributed by atoms with Crippen LogP contribution in [0.5, 0.6) is 0 Å². The van der Waals surface area contributed by atoms with Gasteiger partial charge in [-0.3, -0.25) is 13.9 Å². The second-order valence-corrected chi connectivity index (χ2v) is 12.0. The van der Waals surface area contributed by atoms with Crippen molar-refractivity contribution in [3.63, 3.8) is 0 Å². The molecule has 0 radical (unpaired) electrons. The Labute approximate surface area is 244 Å². The third kappa shape index (κ3) is 7.74. The number of sulfonamides is 1. The van der Waals surface area contributed by atoms with Crippen LogP contribution in [0, 0.1) is 5.82 Å². The van der Waals surface area contributed by atoms with Crippen molar-refractivity contribution in [1.29, 1.82) is 0 Å². The first kappa shape index (κ1) is 31.4. The molecule has 40 heavy (non-hydrogen) atoms. The van der Waals surface area contributed by atoms with Crippen LogP contribution in [-0.2, 0) is 26.2 Å². The van der Waals surface area contributed by atoms with Crippen molar-refractivity contribution in [2.45, 2.75) is 57.1 Å². The van der Waals surface area contributed by atoms with Gasteiger partial charge in [-0.2, -0.15) is 0 Å². The van der Waals surface area contributed by atoms with E-state index in [1.54, 1.807) is 43.3 Å². The highest BCUT2D eigenvalue weighted by atomic mass is 35.5. The number of nitrogens with zero attached hydrogens (tertiary/aromatic N) is 2. The summed E-state index contributed by atoms with van der Waals surface area (Å²) in [7, 11) is -4.23. The average Bonchev–Trinajstić information content (AvgIpc) is 2.94. The van der Waals surface area contributed by atoms with Gasteiger partial charge in [0.15, 0.2) is 0 Å². The van der Waals surface area contributed by atoms with Crippen LogP contribution in [0.3, 0.4) is 0 Å². The molecule has 0 fully saturated rings. The van der Waals surface area contributed by atoms with E-state index in [1.807, 2.05) is 13.8 Å². The fourth-order valence-electron chi connectivity index (χ4n) is 4.05. The van der Waals surface area contributed by atoms with E-state index < -0.39 is 34.3 Å². The quantitative estimate of drug-likeness (QED) is 0.271. The van der Waals surface area contributed by atoms with E-state index in [0.29, 0.717) is 17.0 Å². The highest BCUT2D eigenvalue weighted by Crippen LogP contribution is 2.27. The van der Waals surface area contributed by atoms with Gasteiger partial charge in [0.05, 0.1) is 20.6 Å². The lowest BCUT2D eigenvalue weighted by Crippen LogP contribution is -2.53. The normalized spacial score (nSPS) is 12.8. The van der Waals surface area contributed by atoms with Crippen molar-refractivity contribution >= 4 is 50.7 Å². The van der Waals surface area contributed by atoms with Crippen LogP contribution in [0.2, 0.25) is 10.0 Å². The van der Waals surface area contributed by atoms with E-state index in [1.165, 1.54) is 29.2 Å². The molecule has 7 nitrogen and oxygen atoms in total. The molecule has 11 heteroatoms. The summed E-state index contributed by atoms with van der Waals surface area (Å²) in [6.07, 6.45) is 0.966. The SMILES string of the molecule is CC[C@@H](C)NC(=O)[C@H](CC)N(Cc1ccc(Cl)c(Cl)c1)C(=O)CN(c1ccc(F)cc1)S(=O)(=O)c1ccccc1. The van der Waals surface area contributed by atoms with E-state index in [-0.39, 0.29) is 40.5 Å². The standard InChI is InChI=1S/C29H32Cl2FN3O4S/c1-4-20(3)33-29(37)27(5-2)34(18-21-11-16-25(30)26(31)17-21)28(36)19-35(23-14-12-22(32)13-15-23)40(38,39)24-9-7-6-8-10-24/h6-17,20,27H,4-5,18-19H2,1-3H3,(H,33,37)/t20-,27+/m1/s1. The van der Waals surface area contributed by atoms with E-state index in [2.05, 4.69) is 5.32 Å². The van der Waals surface area contributed by atoms with Gasteiger partial charge in [-0.25, -0.2) is 12.8 Å². The monoisotopic (exact) mass is 607 g/mol. The number of carbonyl (C=O) groups excluding carboxylic acids is 2. The average molecular weight is 609 g/mol. The van der Waals surface area contributed by atoms with Crippen LogP contribution in [-0.4, -0.2) is 43.8 Å². The van der Waals surface area contributed by atoms with E-state index in [0.717, 1.165) is 16.4 Å². The van der Waals surface area contributed by atoms with Crippen LogP contribution < -0.4 is 9.62 Å². The molecule has 0 aromatic heterocycles. The minimum Gasteiger partial charge on any atom is -0.352 e. The Morgan fingerprint density at radius 3 is 2.15 bits per heavy atom. The van der Waals surface area contributed by atoms with Crippen molar-refractivity contribution in [2.24, 2.45) is 0 Å². The first-order chi connectivity index (χ1) is 19.0. The molecule has 0 aliphatic rings. The van der Waals surface area contributed by atoms with Crippen molar-refractivity contribution < 1.29 is 22.4 Å². The van der Waals surface area contributed by atoms with Crippen molar-refractivity contribution in [2.75, 3.05) is 10.8 Å². The predicted molar refractivity (Wildman–Crippen MR) is 156 cm³/mol. The van der Waals surface area contributed by atoms with Crippen LogP contribution in [0.4, 0.5) is 10.1 Å². The van der Waals surface area contributed by atoms with Gasteiger partial charge in [0, 0.05) is 12.6 Å². The van der Waals surface area contributed by atoms with Gasteiger partial charge in [0.1, 0.15) is 18.4 Å². The van der Waals surface area contributed by atoms with Gasteiger partial charge in [0.25, 0.3) is 10.0 Å². The Hall–Kier alpha value is -3.14. The van der Waals surface area contributed by atoms with Gasteiger partial charge in [-0.15, -0.1) is 0 Å². The molecule has 3 rings (SSSR count). The topological polar surface area (TPSA) is 86.8 Å². The molecule has 2 amide bonds. The second-order valence-electron chi connectivity index (χ2n) is 9.31. The predicted octanol–water partition coefficient (Wildman–Crippen LogP) is 6.05. The second kappa shape index (κ2) is 14.0. The number of benzene rings is 3. The molecule has 0 heterocycles. The minimum atomic E-state index is -4.23. The summed E-state index contributed by atoms with van der Waals surface area (Å²) in [4.78, 5) is 28.6. The molecule has 1 N–H and O–H groups in total. The first-order valence-electron chi connectivity index (χ1n) is 12.8. The zero-order valence-corrected chi connectivity index (χ0v) is 24.8. The molecule has 0 saturated heterocycles. The van der Waals surface area contributed by atoms with Crippen LogP contribution in [0.1, 0.15) is 39.2 Å². The third-order valence-corrected chi connectivity index (χ3v) is 8.98. The minimum absolute atomic E-state index is 0.0230. The van der Waals surface area contributed by atoms with Crippen molar-refractivity contribution in [3.05, 3.63) is 94.2 Å². The summed E-state index contributed by atoms with van der Waals surface area (Å²) < 4.78 is 42.1. The van der Waals surface area contributed by atoms with E-state index in [9.17, 15) is 22.4 Å². The molecule has 3 aromatic carbocycles. The lowest BCUT2D eigenvalue weighted by atomic mass is 10.1. The maximum Gasteiger partial charge on any atom is 0.264 e. The fourth-order valence-corrected chi connectivity index (χ4v) is 5.81. The number of carbonyl (C=O) groups is 2. The summed E-state index contributed by atoms with van der Waals surface area (Å²) in [5.74, 6) is -1.54. The van der Waals surface area contributed by atoms with Crippen LogP contribution >= 0.6 is 23.2 Å². The number of rotatable bonds is 12. The molecule has 0 aliphatic carbocycles. The lowest BCUT2D eigenvalue weighted by Gasteiger charge is -2.33. The molecule has 0 bridgehead atoms. The lowest BCUT2D eigenvalue weighted by molar-refractivity contribution is -0.140. The maximum absolute atomic E-state index is 14.0. The highest BCUT2D eigenvalue weighted by Gasteiger charge is 2.34. The molecule has 0 saturated carbocycles. The molecule has 0 unspecified atom stereocenters. The zero-order valence-electron chi connectivity index (χ0n) is 22.5. The van der Waals surface area contributed by atoms with Crippen molar-refractivity contribution in [1.82, 2.24) is 10.2 Å². The van der Waals surface area contributed by atoms with E-state index in [4.69, 9.17) is 23.2 Å². The Kier molecular flexibility index (Phi) is 11.0. The Bertz CT molecular complexity index is 1420. The van der Waals surface area contributed by atoms with Gasteiger partial charge in [-0.1, -0.05) is 61.3 Å². The number of hydrogen-bond acceptors (Lipinski definition) is 4. The Morgan fingerprint density at radius 1 is 0.925 bits per heavy atom. The zero-order chi connectivity index (χ0) is 29.4. The fraction of sp³-hybridized carbons (Fsp3) is 0.310. The Morgan fingerprint density at radius 2 is 1.57 bits per heavy atom. The number of nitrogens with one attached hydrogen (secondary N) is 1. The molecule has 214 valence electrons. The number of amides is 2. The largest absolute Gasteiger partial charge is 0.352 e. The molecule has 2 atom stereocenters. The van der Waals surface area contributed by atoms with Gasteiger partial charge in [0.2, 0.25) is 11.8 Å². The molecule has 0 aliphatic heterocycles. The van der Waals surface area contributed by atoms with Crippen LogP contribution in [0.25, 0.3) is 0 Å². The smallest absolute Gasteiger partial charge is 0.264 e. The van der Waals surface area contributed by atoms with Crippen molar-refractivity contribution in [3.8, 4) is 0 Å². The van der Waals surface area contributed by atoms with Gasteiger partial charge in [-0.05, 0) is 73.9 Å². The first-order valence-corrected chi connectivity index (χ1v) is 15.0. The summed E-state index contributed by atoms with van der Waals surface area (Å²) in [5.41, 5.74) is 0.710. The van der Waals surface area contributed by atoms with Gasteiger partial charge < -0.3 is 10.2 Å². The summed E-state index contributed by atoms with van der Waals surface area (Å²) in [6.45, 7) is 4.91.